The van der Waals surface area contributed by atoms with Gasteiger partial charge >= 0.3 is 5.97 Å². The summed E-state index contributed by atoms with van der Waals surface area (Å²) >= 11 is 6.53. The number of carbonyl (C=O) groups excluding carboxylic acids is 1. The lowest BCUT2D eigenvalue weighted by Crippen LogP contribution is -2.49. The van der Waals surface area contributed by atoms with Gasteiger partial charge in [-0.3, -0.25) is 4.79 Å². The maximum absolute atomic E-state index is 12.8. The highest BCUT2D eigenvalue weighted by Gasteiger charge is 2.49. The van der Waals surface area contributed by atoms with Gasteiger partial charge in [0, 0.05) is 0 Å². The Balaban J connectivity index is 5.13. The number of carbonyl (C=O) groups is 1. The van der Waals surface area contributed by atoms with Crippen LogP contribution in [0.25, 0.3) is 0 Å². The predicted octanol–water partition coefficient (Wildman–Crippen LogP) is 5.56. The minimum Gasteiger partial charge on any atom is -0.450 e. The maximum atomic E-state index is 12.8. The summed E-state index contributed by atoms with van der Waals surface area (Å²) in [7, 11) is 0. The lowest BCUT2D eigenvalue weighted by molar-refractivity contribution is -0.152. The van der Waals surface area contributed by atoms with Crippen molar-refractivity contribution in [3.8, 4) is 0 Å². The summed E-state index contributed by atoms with van der Waals surface area (Å²) in [4.78, 5) is 12.8. The van der Waals surface area contributed by atoms with Gasteiger partial charge in [0.1, 0.15) is 10.2 Å². The molecule has 0 aliphatic heterocycles. The topological polar surface area (TPSA) is 26.3 Å². The third-order valence-corrected chi connectivity index (χ3v) is 5.90. The molecule has 0 saturated heterocycles. The fourth-order valence-electron chi connectivity index (χ4n) is 2.11. The molecule has 0 aromatic carbocycles. The Kier molecular flexibility index (Phi) is 8.21. The van der Waals surface area contributed by atoms with E-state index in [-0.39, 0.29) is 22.2 Å². The van der Waals surface area contributed by atoms with Crippen molar-refractivity contribution in [2.24, 2.45) is 10.8 Å². The van der Waals surface area contributed by atoms with Gasteiger partial charge in [-0.2, -0.15) is 12.6 Å². The van der Waals surface area contributed by atoms with E-state index in [4.69, 9.17) is 17.4 Å². The van der Waals surface area contributed by atoms with Crippen molar-refractivity contribution in [2.75, 3.05) is 5.75 Å². The molecule has 0 saturated carbocycles. The smallest absolute Gasteiger partial charge is 0.323 e. The van der Waals surface area contributed by atoms with Crippen molar-refractivity contribution < 1.29 is 9.53 Å². The van der Waals surface area contributed by atoms with Gasteiger partial charge in [-0.05, 0) is 35.8 Å². The van der Waals surface area contributed by atoms with Crippen LogP contribution >= 0.6 is 24.4 Å². The number of hydrogen-bond donors (Lipinski definition) is 1. The zero-order valence-electron chi connectivity index (χ0n) is 15.1. The van der Waals surface area contributed by atoms with Crippen LogP contribution < -0.4 is 0 Å². The molecule has 4 heteroatoms. The number of rotatable bonds is 7. The van der Waals surface area contributed by atoms with Crippen molar-refractivity contribution in [2.45, 2.75) is 84.8 Å². The van der Waals surface area contributed by atoms with Gasteiger partial charge in [0.05, 0.1) is 0 Å². The van der Waals surface area contributed by atoms with E-state index in [2.05, 4.69) is 55.4 Å². The summed E-state index contributed by atoms with van der Waals surface area (Å²) in [6.45, 7) is 16.8. The molecule has 0 aliphatic carbocycles. The molecule has 0 rings (SSSR count). The lowest BCUT2D eigenvalue weighted by Gasteiger charge is -2.43. The van der Waals surface area contributed by atoms with Crippen molar-refractivity contribution in [3.05, 3.63) is 0 Å². The maximum Gasteiger partial charge on any atom is 0.323 e. The zero-order valence-corrected chi connectivity index (χ0v) is 16.8. The molecule has 0 aromatic heterocycles. The average molecular weight is 335 g/mol. The molecule has 0 bridgehead atoms. The summed E-state index contributed by atoms with van der Waals surface area (Å²) < 4.78 is 5.01. The van der Waals surface area contributed by atoms with Crippen molar-refractivity contribution in [1.82, 2.24) is 0 Å². The minimum absolute atomic E-state index is 0.0202. The van der Waals surface area contributed by atoms with Gasteiger partial charge in [-0.15, -0.1) is 11.8 Å². The van der Waals surface area contributed by atoms with E-state index in [1.165, 1.54) is 0 Å². The first-order valence-electron chi connectivity index (χ1n) is 7.92. The fourth-order valence-corrected chi connectivity index (χ4v) is 3.53. The van der Waals surface area contributed by atoms with Crippen LogP contribution in [-0.2, 0) is 9.53 Å². The van der Waals surface area contributed by atoms with E-state index in [9.17, 15) is 4.79 Å². The molecule has 0 aliphatic rings. The van der Waals surface area contributed by atoms with Gasteiger partial charge in [0.25, 0.3) is 0 Å². The number of hydrogen-bond acceptors (Lipinski definition) is 4. The van der Waals surface area contributed by atoms with Gasteiger partial charge in [0.2, 0.25) is 0 Å². The SMILES string of the molecule is CCCSC(CC)OC(=O)C(S)(CC(C)(C)C)C(C)(C)C. The van der Waals surface area contributed by atoms with E-state index in [0.717, 1.165) is 18.6 Å². The van der Waals surface area contributed by atoms with E-state index in [0.29, 0.717) is 6.42 Å². The molecule has 0 spiro atoms. The zero-order chi connectivity index (χ0) is 16.9. The van der Waals surface area contributed by atoms with Gasteiger partial charge in [0.15, 0.2) is 0 Å². The Bertz CT molecular complexity index is 329. The molecule has 21 heavy (non-hydrogen) atoms. The largest absolute Gasteiger partial charge is 0.450 e. The Morgan fingerprint density at radius 1 is 1.14 bits per heavy atom. The second-order valence-corrected chi connectivity index (χ2v) is 9.99. The molecule has 0 radical (unpaired) electrons. The monoisotopic (exact) mass is 334 g/mol. The molecule has 0 heterocycles. The quantitative estimate of drug-likeness (QED) is 0.375. The summed E-state index contributed by atoms with van der Waals surface area (Å²) in [5, 5.41) is 0. The second kappa shape index (κ2) is 8.14. The van der Waals surface area contributed by atoms with E-state index in [1.807, 2.05) is 0 Å². The summed E-state index contributed by atoms with van der Waals surface area (Å²) in [6.07, 6.45) is 2.62. The van der Waals surface area contributed by atoms with Gasteiger partial charge in [-0.25, -0.2) is 0 Å². The van der Waals surface area contributed by atoms with E-state index >= 15 is 0 Å². The van der Waals surface area contributed by atoms with E-state index in [1.54, 1.807) is 11.8 Å². The molecular formula is C17H34O2S2. The number of thiol groups is 1. The van der Waals surface area contributed by atoms with Crippen LogP contribution in [0.5, 0.6) is 0 Å². The summed E-state index contributed by atoms with van der Waals surface area (Å²) in [5.74, 6) is 0.837. The fraction of sp³-hybridized carbons (Fsp3) is 0.941. The van der Waals surface area contributed by atoms with Gasteiger partial charge < -0.3 is 4.74 Å². The van der Waals surface area contributed by atoms with Crippen LogP contribution in [0.4, 0.5) is 0 Å². The van der Waals surface area contributed by atoms with Crippen LogP contribution in [0.3, 0.4) is 0 Å². The third kappa shape index (κ3) is 6.85. The summed E-state index contributed by atoms with van der Waals surface area (Å²) in [5.41, 5.74) is -0.299. The Labute approximate surface area is 141 Å². The Morgan fingerprint density at radius 2 is 1.67 bits per heavy atom. The van der Waals surface area contributed by atoms with Crippen LogP contribution in [0.1, 0.15) is 74.7 Å². The predicted molar refractivity (Wildman–Crippen MR) is 98.2 cm³/mol. The minimum atomic E-state index is -0.772. The average Bonchev–Trinajstić information content (AvgIpc) is 2.30. The molecule has 0 amide bonds. The highest BCUT2D eigenvalue weighted by molar-refractivity contribution is 7.99. The van der Waals surface area contributed by atoms with Crippen molar-refractivity contribution in [3.63, 3.8) is 0 Å². The number of ether oxygens (including phenoxy) is 1. The first kappa shape index (κ1) is 21.2. The van der Waals surface area contributed by atoms with Crippen molar-refractivity contribution >= 4 is 30.4 Å². The first-order chi connectivity index (χ1) is 9.37. The molecule has 2 nitrogen and oxygen atoms in total. The lowest BCUT2D eigenvalue weighted by atomic mass is 9.71. The number of thioether (sulfide) groups is 1. The summed E-state index contributed by atoms with van der Waals surface area (Å²) in [6, 6.07) is 0. The highest BCUT2D eigenvalue weighted by atomic mass is 32.2. The van der Waals surface area contributed by atoms with Crippen LogP contribution in [-0.4, -0.2) is 21.9 Å². The standard InChI is InChI=1S/C17H34O2S2/c1-9-11-21-13(10-2)19-14(18)17(20,16(6,7)8)12-15(3,4)5/h13,20H,9-12H2,1-8H3. The Morgan fingerprint density at radius 3 is 2.00 bits per heavy atom. The third-order valence-electron chi connectivity index (χ3n) is 3.44. The van der Waals surface area contributed by atoms with Crippen molar-refractivity contribution in [1.29, 1.82) is 0 Å². The first-order valence-corrected chi connectivity index (χ1v) is 9.42. The molecule has 0 aromatic rings. The normalized spacial score (nSPS) is 17.2. The van der Waals surface area contributed by atoms with E-state index < -0.39 is 4.75 Å². The molecule has 2 unspecified atom stereocenters. The molecule has 2 atom stereocenters. The van der Waals surface area contributed by atoms with Crippen LogP contribution in [0.2, 0.25) is 0 Å². The van der Waals surface area contributed by atoms with Gasteiger partial charge in [-0.1, -0.05) is 55.4 Å². The second-order valence-electron chi connectivity index (χ2n) is 7.96. The molecule has 126 valence electrons. The van der Waals surface area contributed by atoms with Crippen LogP contribution in [0, 0.1) is 10.8 Å². The molecular weight excluding hydrogens is 300 g/mol. The number of esters is 1. The molecule has 0 fully saturated rings. The Hall–Kier alpha value is 0.170. The van der Waals surface area contributed by atoms with Crippen LogP contribution in [0.15, 0.2) is 0 Å². The molecule has 0 N–H and O–H groups in total. The highest BCUT2D eigenvalue weighted by Crippen LogP contribution is 2.45.